The normalized spacial score (nSPS) is 20.0. The molecule has 168 valence electrons. The van der Waals surface area contributed by atoms with E-state index in [0.717, 1.165) is 42.2 Å². The number of rotatable bonds is 4. The average molecular weight is 472 g/mol. The SMILES string of the molecule is CC1N=C(N2CCC(Nc3nc4c(-c5cccc(S(C)(=O)=O)c5)cccn4n3)CC2)SN1. The molecule has 0 spiro atoms. The third-order valence-electron chi connectivity index (χ3n) is 5.66. The van der Waals surface area contributed by atoms with Gasteiger partial charge >= 0.3 is 0 Å². The van der Waals surface area contributed by atoms with E-state index in [1.807, 2.05) is 24.4 Å². The molecule has 3 aromatic rings. The second-order valence-electron chi connectivity index (χ2n) is 8.14. The predicted molar refractivity (Wildman–Crippen MR) is 127 cm³/mol. The van der Waals surface area contributed by atoms with Crippen LogP contribution in [-0.4, -0.2) is 64.6 Å². The first kappa shape index (κ1) is 21.2. The molecule has 32 heavy (non-hydrogen) atoms. The van der Waals surface area contributed by atoms with E-state index in [9.17, 15) is 8.42 Å². The number of pyridine rings is 1. The number of sulfone groups is 1. The summed E-state index contributed by atoms with van der Waals surface area (Å²) in [6, 6.07) is 11.0. The van der Waals surface area contributed by atoms with Crippen molar-refractivity contribution in [1.82, 2.24) is 24.2 Å². The number of nitrogens with one attached hydrogen (secondary N) is 2. The number of amidine groups is 1. The largest absolute Gasteiger partial charge is 0.350 e. The summed E-state index contributed by atoms with van der Waals surface area (Å²) < 4.78 is 28.9. The van der Waals surface area contributed by atoms with Crippen molar-refractivity contribution >= 4 is 38.5 Å². The Morgan fingerprint density at radius 2 is 2.00 bits per heavy atom. The highest BCUT2D eigenvalue weighted by Crippen LogP contribution is 2.27. The van der Waals surface area contributed by atoms with Crippen LogP contribution in [0.1, 0.15) is 19.8 Å². The minimum atomic E-state index is -3.29. The molecule has 0 radical (unpaired) electrons. The summed E-state index contributed by atoms with van der Waals surface area (Å²) in [5.74, 6) is 0.582. The van der Waals surface area contributed by atoms with Gasteiger partial charge in [0, 0.05) is 37.1 Å². The molecule has 5 rings (SSSR count). The van der Waals surface area contributed by atoms with Crippen molar-refractivity contribution < 1.29 is 8.42 Å². The van der Waals surface area contributed by atoms with Crippen LogP contribution >= 0.6 is 11.9 Å². The molecule has 0 bridgehead atoms. The number of aromatic nitrogens is 3. The first-order valence-electron chi connectivity index (χ1n) is 10.5. The number of nitrogens with zero attached hydrogens (tertiary/aromatic N) is 5. The number of piperidine rings is 1. The highest BCUT2D eigenvalue weighted by molar-refractivity contribution is 8.12. The van der Waals surface area contributed by atoms with Gasteiger partial charge in [-0.15, -0.1) is 5.10 Å². The molecule has 4 heterocycles. The van der Waals surface area contributed by atoms with E-state index in [4.69, 9.17) is 4.98 Å². The second kappa shape index (κ2) is 8.38. The van der Waals surface area contributed by atoms with E-state index in [1.165, 1.54) is 6.26 Å². The van der Waals surface area contributed by atoms with Crippen molar-refractivity contribution in [3.05, 3.63) is 42.6 Å². The van der Waals surface area contributed by atoms with Crippen molar-refractivity contribution in [1.29, 1.82) is 0 Å². The van der Waals surface area contributed by atoms with Crippen LogP contribution in [0.4, 0.5) is 5.95 Å². The number of benzene rings is 1. The minimum absolute atomic E-state index is 0.167. The van der Waals surface area contributed by atoms with Crippen molar-refractivity contribution in [3.8, 4) is 11.1 Å². The lowest BCUT2D eigenvalue weighted by molar-refractivity contribution is 0.328. The van der Waals surface area contributed by atoms with Crippen LogP contribution in [0.25, 0.3) is 16.8 Å². The molecule has 2 N–H and O–H groups in total. The van der Waals surface area contributed by atoms with Gasteiger partial charge < -0.3 is 10.2 Å². The minimum Gasteiger partial charge on any atom is -0.350 e. The standard InChI is InChI=1S/C21H25N7O2S2/c1-14-22-21(31-26-14)27-11-8-16(9-12-27)23-20-24-19-18(7-4-10-28(19)25-20)15-5-3-6-17(13-15)32(2,29)30/h3-7,10,13-14,16,26H,8-9,11-12H2,1-2H3,(H,23,25). The fraction of sp³-hybridized carbons (Fsp3) is 0.381. The lowest BCUT2D eigenvalue weighted by atomic mass is 10.1. The molecule has 11 heteroatoms. The van der Waals surface area contributed by atoms with E-state index >= 15 is 0 Å². The second-order valence-corrected chi connectivity index (χ2v) is 11.0. The van der Waals surface area contributed by atoms with Gasteiger partial charge in [0.25, 0.3) is 0 Å². The fourth-order valence-corrected chi connectivity index (χ4v) is 5.51. The molecule has 1 saturated heterocycles. The summed E-state index contributed by atoms with van der Waals surface area (Å²) in [4.78, 5) is 12.0. The predicted octanol–water partition coefficient (Wildman–Crippen LogP) is 2.63. The molecule has 2 aliphatic rings. The summed E-state index contributed by atoms with van der Waals surface area (Å²) in [6.45, 7) is 3.93. The average Bonchev–Trinajstić information content (AvgIpc) is 3.39. The molecule has 0 amide bonds. The lowest BCUT2D eigenvalue weighted by Gasteiger charge is -2.32. The Balaban J connectivity index is 1.34. The third-order valence-corrected chi connectivity index (χ3v) is 7.77. The Morgan fingerprint density at radius 3 is 2.72 bits per heavy atom. The van der Waals surface area contributed by atoms with Crippen molar-refractivity contribution in [2.75, 3.05) is 24.7 Å². The van der Waals surface area contributed by atoms with E-state index < -0.39 is 9.84 Å². The van der Waals surface area contributed by atoms with Crippen LogP contribution < -0.4 is 10.0 Å². The van der Waals surface area contributed by atoms with E-state index in [1.54, 1.807) is 34.7 Å². The van der Waals surface area contributed by atoms with Gasteiger partial charge in [0.05, 0.1) is 4.90 Å². The Kier molecular flexibility index (Phi) is 5.56. The van der Waals surface area contributed by atoms with Gasteiger partial charge in [-0.1, -0.05) is 12.1 Å². The maximum absolute atomic E-state index is 12.0. The van der Waals surface area contributed by atoms with Crippen molar-refractivity contribution in [2.45, 2.75) is 36.9 Å². The zero-order valence-corrected chi connectivity index (χ0v) is 19.5. The quantitative estimate of drug-likeness (QED) is 0.560. The number of anilines is 1. The van der Waals surface area contributed by atoms with Gasteiger partial charge in [-0.3, -0.25) is 0 Å². The lowest BCUT2D eigenvalue weighted by Crippen LogP contribution is -2.41. The molecule has 0 saturated carbocycles. The van der Waals surface area contributed by atoms with Crippen molar-refractivity contribution in [3.63, 3.8) is 0 Å². The van der Waals surface area contributed by atoms with Gasteiger partial charge in [-0.05, 0) is 61.5 Å². The Morgan fingerprint density at radius 1 is 1.19 bits per heavy atom. The maximum atomic E-state index is 12.0. The Labute approximate surface area is 191 Å². The highest BCUT2D eigenvalue weighted by atomic mass is 32.2. The molecule has 9 nitrogen and oxygen atoms in total. The summed E-state index contributed by atoms with van der Waals surface area (Å²) >= 11 is 1.61. The number of hydrogen-bond acceptors (Lipinski definition) is 9. The van der Waals surface area contributed by atoms with Crippen LogP contribution in [-0.2, 0) is 9.84 Å². The first-order chi connectivity index (χ1) is 15.4. The topological polar surface area (TPSA) is 104 Å². The summed E-state index contributed by atoms with van der Waals surface area (Å²) in [5.41, 5.74) is 2.32. The molecule has 1 aromatic carbocycles. The molecular formula is C21H25N7O2S2. The van der Waals surface area contributed by atoms with E-state index in [2.05, 4.69) is 32.0 Å². The van der Waals surface area contributed by atoms with Gasteiger partial charge in [0.2, 0.25) is 5.95 Å². The van der Waals surface area contributed by atoms with Crippen LogP contribution in [0.5, 0.6) is 0 Å². The van der Waals surface area contributed by atoms with E-state index in [0.29, 0.717) is 11.6 Å². The number of aliphatic imine (C=N–C) groups is 1. The molecular weight excluding hydrogens is 446 g/mol. The Hall–Kier alpha value is -2.63. The fourth-order valence-electron chi connectivity index (χ4n) is 3.99. The number of hydrogen-bond donors (Lipinski definition) is 2. The number of likely N-dealkylation sites (tertiary alicyclic amines) is 1. The molecule has 0 aliphatic carbocycles. The van der Waals surface area contributed by atoms with Gasteiger partial charge in [0.1, 0.15) is 6.17 Å². The van der Waals surface area contributed by atoms with Gasteiger partial charge in [-0.25, -0.2) is 22.6 Å². The molecule has 2 aromatic heterocycles. The smallest absolute Gasteiger partial charge is 0.243 e. The first-order valence-corrected chi connectivity index (χ1v) is 13.3. The molecule has 1 fully saturated rings. The zero-order valence-electron chi connectivity index (χ0n) is 17.9. The van der Waals surface area contributed by atoms with Crippen LogP contribution in [0, 0.1) is 0 Å². The zero-order chi connectivity index (χ0) is 22.3. The molecule has 2 aliphatic heterocycles. The summed E-state index contributed by atoms with van der Waals surface area (Å²) in [7, 11) is -3.29. The van der Waals surface area contributed by atoms with E-state index in [-0.39, 0.29) is 17.1 Å². The van der Waals surface area contributed by atoms with Gasteiger partial charge in [0.15, 0.2) is 20.7 Å². The summed E-state index contributed by atoms with van der Waals surface area (Å²) in [6.07, 6.45) is 5.19. The van der Waals surface area contributed by atoms with Crippen LogP contribution in [0.3, 0.4) is 0 Å². The third kappa shape index (κ3) is 4.32. The van der Waals surface area contributed by atoms with Gasteiger partial charge in [-0.2, -0.15) is 4.98 Å². The van der Waals surface area contributed by atoms with Crippen molar-refractivity contribution in [2.24, 2.45) is 4.99 Å². The molecule has 1 atom stereocenters. The number of fused-ring (bicyclic) bond motifs is 1. The summed E-state index contributed by atoms with van der Waals surface area (Å²) in [5, 5.41) is 9.14. The highest BCUT2D eigenvalue weighted by Gasteiger charge is 2.26. The molecule has 1 unspecified atom stereocenters. The van der Waals surface area contributed by atoms with Crippen LogP contribution in [0.2, 0.25) is 0 Å². The maximum Gasteiger partial charge on any atom is 0.243 e. The Bertz CT molecular complexity index is 1280. The monoisotopic (exact) mass is 471 g/mol. The van der Waals surface area contributed by atoms with Crippen LogP contribution in [0.15, 0.2) is 52.5 Å².